The molecule has 0 unspecified atom stereocenters. The first kappa shape index (κ1) is 11.6. The van der Waals surface area contributed by atoms with E-state index in [1.807, 2.05) is 0 Å². The van der Waals surface area contributed by atoms with E-state index in [2.05, 4.69) is 5.32 Å². The van der Waals surface area contributed by atoms with Crippen molar-refractivity contribution < 1.29 is 19.2 Å². The molecule has 0 radical (unpaired) electrons. The molecule has 0 spiro atoms. The molecule has 84 valence electrons. The number of nitro groups is 1. The summed E-state index contributed by atoms with van der Waals surface area (Å²) in [4.78, 5) is 30.8. The van der Waals surface area contributed by atoms with Crippen molar-refractivity contribution >= 4 is 18.1 Å². The monoisotopic (exact) mass is 224 g/mol. The number of nitrogens with zero attached hydrogens (tertiary/aromatic N) is 1. The van der Waals surface area contributed by atoms with Crippen molar-refractivity contribution in [2.24, 2.45) is 0 Å². The van der Waals surface area contributed by atoms with Gasteiger partial charge in [0.05, 0.1) is 11.0 Å². The average Bonchev–Trinajstić information content (AvgIpc) is 2.26. The predicted octanol–water partition coefficient (Wildman–Crippen LogP) is 0.246. The number of hydrogen-bond acceptors (Lipinski definition) is 5. The maximum absolute atomic E-state index is 11.0. The molecule has 7 heteroatoms. The van der Waals surface area contributed by atoms with Crippen LogP contribution in [0.25, 0.3) is 0 Å². The zero-order chi connectivity index (χ0) is 12.0. The lowest BCUT2D eigenvalue weighted by Crippen LogP contribution is -2.25. The Morgan fingerprint density at radius 2 is 2.31 bits per heavy atom. The number of rotatable bonds is 5. The van der Waals surface area contributed by atoms with Gasteiger partial charge in [0.1, 0.15) is 12.3 Å². The van der Waals surface area contributed by atoms with Gasteiger partial charge in [-0.3, -0.25) is 14.9 Å². The summed E-state index contributed by atoms with van der Waals surface area (Å²) >= 11 is 0. The Hall–Kier alpha value is -2.44. The summed E-state index contributed by atoms with van der Waals surface area (Å²) in [6.07, 6.45) is 0.356. The van der Waals surface area contributed by atoms with Crippen molar-refractivity contribution in [1.29, 1.82) is 0 Å². The Bertz CT molecular complexity index is 418. The minimum Gasteiger partial charge on any atom is -0.425 e. The molecule has 0 bridgehead atoms. The van der Waals surface area contributed by atoms with Gasteiger partial charge in [-0.1, -0.05) is 6.07 Å². The van der Waals surface area contributed by atoms with E-state index in [1.165, 1.54) is 18.2 Å². The number of amides is 1. The summed E-state index contributed by atoms with van der Waals surface area (Å²) in [5, 5.41) is 12.5. The van der Waals surface area contributed by atoms with Crippen molar-refractivity contribution in [2.45, 2.75) is 0 Å². The second-order valence-electron chi connectivity index (χ2n) is 2.73. The first-order chi connectivity index (χ1) is 7.63. The number of benzene rings is 1. The number of non-ortho nitro benzene ring substituents is 1. The Morgan fingerprint density at radius 1 is 1.56 bits per heavy atom. The number of nitrogens with one attached hydrogen (secondary N) is 1. The van der Waals surface area contributed by atoms with Crippen LogP contribution in [-0.4, -0.2) is 23.8 Å². The van der Waals surface area contributed by atoms with Crippen LogP contribution in [0.4, 0.5) is 5.69 Å². The molecule has 0 saturated heterocycles. The summed E-state index contributed by atoms with van der Waals surface area (Å²) in [6.45, 7) is -0.286. The fourth-order valence-corrected chi connectivity index (χ4v) is 0.953. The number of nitro benzene ring substituents is 1. The standard InChI is InChI=1S/C9H8N2O5/c12-6-10-5-9(13)16-8-3-1-2-7(4-8)11(14)15/h1-4,6H,5H2,(H,10,12). The lowest BCUT2D eigenvalue weighted by molar-refractivity contribution is -0.384. The topological polar surface area (TPSA) is 98.5 Å². The third kappa shape index (κ3) is 3.37. The molecule has 1 aromatic rings. The number of carbonyl (C=O) groups excluding carboxylic acids is 2. The van der Waals surface area contributed by atoms with Crippen molar-refractivity contribution in [2.75, 3.05) is 6.54 Å². The van der Waals surface area contributed by atoms with Crippen LogP contribution < -0.4 is 10.1 Å². The van der Waals surface area contributed by atoms with Crippen LogP contribution in [0.3, 0.4) is 0 Å². The zero-order valence-corrected chi connectivity index (χ0v) is 8.08. The maximum atomic E-state index is 11.0. The molecule has 1 rings (SSSR count). The van der Waals surface area contributed by atoms with Crippen LogP contribution in [0.5, 0.6) is 5.75 Å². The van der Waals surface area contributed by atoms with E-state index < -0.39 is 10.9 Å². The van der Waals surface area contributed by atoms with Gasteiger partial charge in [-0.15, -0.1) is 0 Å². The van der Waals surface area contributed by atoms with Crippen LogP contribution in [0.2, 0.25) is 0 Å². The Kier molecular flexibility index (Phi) is 3.96. The van der Waals surface area contributed by atoms with Gasteiger partial charge < -0.3 is 10.1 Å². The Morgan fingerprint density at radius 3 is 2.94 bits per heavy atom. The molecule has 0 atom stereocenters. The van der Waals surface area contributed by atoms with E-state index in [0.29, 0.717) is 6.41 Å². The van der Waals surface area contributed by atoms with Crippen LogP contribution in [0, 0.1) is 10.1 Å². The molecular weight excluding hydrogens is 216 g/mol. The Labute approximate surface area is 90.2 Å². The molecular formula is C9H8N2O5. The van der Waals surface area contributed by atoms with Crippen molar-refractivity contribution in [3.63, 3.8) is 0 Å². The van der Waals surface area contributed by atoms with Crippen LogP contribution >= 0.6 is 0 Å². The molecule has 1 amide bonds. The highest BCUT2D eigenvalue weighted by Gasteiger charge is 2.09. The summed E-state index contributed by atoms with van der Waals surface area (Å²) in [5.74, 6) is -0.639. The third-order valence-corrected chi connectivity index (χ3v) is 1.59. The third-order valence-electron chi connectivity index (χ3n) is 1.59. The van der Waals surface area contributed by atoms with Gasteiger partial charge in [0.2, 0.25) is 6.41 Å². The fraction of sp³-hybridized carbons (Fsp3) is 0.111. The van der Waals surface area contributed by atoms with Crippen molar-refractivity contribution in [3.05, 3.63) is 34.4 Å². The quantitative estimate of drug-likeness (QED) is 0.254. The van der Waals surface area contributed by atoms with Gasteiger partial charge in [-0.05, 0) is 6.07 Å². The second-order valence-corrected chi connectivity index (χ2v) is 2.73. The average molecular weight is 224 g/mol. The largest absolute Gasteiger partial charge is 0.425 e. The molecule has 7 nitrogen and oxygen atoms in total. The Balaban J connectivity index is 2.66. The van der Waals surface area contributed by atoms with Crippen molar-refractivity contribution in [3.8, 4) is 5.75 Å². The maximum Gasteiger partial charge on any atom is 0.330 e. The van der Waals surface area contributed by atoms with Gasteiger partial charge in [0, 0.05) is 6.07 Å². The van der Waals surface area contributed by atoms with E-state index in [4.69, 9.17) is 4.74 Å². The molecule has 1 aromatic carbocycles. The molecule has 0 aromatic heterocycles. The van der Waals surface area contributed by atoms with Crippen LogP contribution in [-0.2, 0) is 9.59 Å². The second kappa shape index (κ2) is 5.44. The normalized spacial score (nSPS) is 9.25. The summed E-state index contributed by atoms with van der Waals surface area (Å²) < 4.78 is 4.74. The highest BCUT2D eigenvalue weighted by Crippen LogP contribution is 2.18. The highest BCUT2D eigenvalue weighted by molar-refractivity contribution is 5.76. The van der Waals surface area contributed by atoms with E-state index in [0.717, 1.165) is 6.07 Å². The lowest BCUT2D eigenvalue weighted by Gasteiger charge is -2.02. The minimum atomic E-state index is -0.701. The minimum absolute atomic E-state index is 0.0619. The smallest absolute Gasteiger partial charge is 0.330 e. The number of hydrogen-bond donors (Lipinski definition) is 1. The highest BCUT2D eigenvalue weighted by atomic mass is 16.6. The molecule has 0 aliphatic carbocycles. The van der Waals surface area contributed by atoms with Gasteiger partial charge in [0.15, 0.2) is 0 Å². The van der Waals surface area contributed by atoms with E-state index >= 15 is 0 Å². The first-order valence-corrected chi connectivity index (χ1v) is 4.25. The van der Waals surface area contributed by atoms with Crippen LogP contribution in [0.1, 0.15) is 0 Å². The van der Waals surface area contributed by atoms with E-state index in [1.54, 1.807) is 0 Å². The van der Waals surface area contributed by atoms with E-state index in [9.17, 15) is 19.7 Å². The molecule has 16 heavy (non-hydrogen) atoms. The SMILES string of the molecule is O=CNCC(=O)Oc1cccc([N+](=O)[O-])c1. The number of ether oxygens (including phenoxy) is 1. The van der Waals surface area contributed by atoms with Gasteiger partial charge in [-0.25, -0.2) is 4.79 Å². The van der Waals surface area contributed by atoms with Crippen molar-refractivity contribution in [1.82, 2.24) is 5.32 Å². The van der Waals surface area contributed by atoms with Crippen LogP contribution in [0.15, 0.2) is 24.3 Å². The van der Waals surface area contributed by atoms with Gasteiger partial charge in [-0.2, -0.15) is 0 Å². The molecule has 0 aliphatic rings. The molecule has 0 aliphatic heterocycles. The van der Waals surface area contributed by atoms with E-state index in [-0.39, 0.29) is 18.0 Å². The molecule has 0 heterocycles. The lowest BCUT2D eigenvalue weighted by atomic mass is 10.3. The summed E-state index contributed by atoms with van der Waals surface area (Å²) in [5.41, 5.74) is -0.173. The molecule has 0 saturated carbocycles. The van der Waals surface area contributed by atoms with Gasteiger partial charge >= 0.3 is 5.97 Å². The predicted molar refractivity (Wildman–Crippen MR) is 52.8 cm³/mol. The van der Waals surface area contributed by atoms with Gasteiger partial charge in [0.25, 0.3) is 5.69 Å². The number of esters is 1. The number of carbonyl (C=O) groups is 2. The first-order valence-electron chi connectivity index (χ1n) is 4.25. The summed E-state index contributed by atoms with van der Waals surface area (Å²) in [7, 11) is 0. The molecule has 0 fully saturated rings. The fourth-order valence-electron chi connectivity index (χ4n) is 0.953. The molecule has 1 N–H and O–H groups in total. The summed E-state index contributed by atoms with van der Waals surface area (Å²) in [6, 6.07) is 5.21. The zero-order valence-electron chi connectivity index (χ0n) is 8.08.